The number of thiazole rings is 1. The smallest absolute Gasteiger partial charge is 0.274 e. The molecule has 2 amide bonds. The second-order valence-electron chi connectivity index (χ2n) is 8.36. The molecule has 1 fully saturated rings. The number of likely N-dealkylation sites (tertiary alicyclic amines) is 1. The first kappa shape index (κ1) is 21.4. The quantitative estimate of drug-likeness (QED) is 0.611. The predicted octanol–water partition coefficient (Wildman–Crippen LogP) is 4.48. The first-order valence-corrected chi connectivity index (χ1v) is 11.9. The van der Waals surface area contributed by atoms with E-state index >= 15 is 0 Å². The Balaban J connectivity index is 1.29. The Bertz CT molecular complexity index is 1260. The molecular weight excluding hydrogens is 434 g/mol. The van der Waals surface area contributed by atoms with Crippen LogP contribution in [0.2, 0.25) is 0 Å². The SMILES string of the molecule is Cc1cccc(-c2sc(C)nc2C(=O)N2CC[C@@H]2CNC(=O)c2cccc3c2C=CCO3)c1. The molecule has 2 aliphatic rings. The molecule has 0 unspecified atom stereocenters. The molecule has 5 rings (SSSR count). The third kappa shape index (κ3) is 4.16. The topological polar surface area (TPSA) is 71.5 Å². The summed E-state index contributed by atoms with van der Waals surface area (Å²) in [4.78, 5) is 33.5. The van der Waals surface area contributed by atoms with Gasteiger partial charge in [-0.15, -0.1) is 11.3 Å². The van der Waals surface area contributed by atoms with E-state index in [0.717, 1.165) is 33.0 Å². The zero-order chi connectivity index (χ0) is 22.9. The maximum Gasteiger partial charge on any atom is 0.274 e. The van der Waals surface area contributed by atoms with Crippen LogP contribution in [0.25, 0.3) is 16.5 Å². The number of aryl methyl sites for hydroxylation is 2. The Morgan fingerprint density at radius 1 is 1.21 bits per heavy atom. The summed E-state index contributed by atoms with van der Waals surface area (Å²) >= 11 is 1.54. The van der Waals surface area contributed by atoms with Gasteiger partial charge in [0, 0.05) is 18.7 Å². The highest BCUT2D eigenvalue weighted by atomic mass is 32.1. The van der Waals surface area contributed by atoms with Gasteiger partial charge in [0.2, 0.25) is 0 Å². The fourth-order valence-corrected chi connectivity index (χ4v) is 5.17. The Morgan fingerprint density at radius 3 is 2.85 bits per heavy atom. The van der Waals surface area contributed by atoms with Gasteiger partial charge in [-0.25, -0.2) is 4.98 Å². The molecule has 0 bridgehead atoms. The van der Waals surface area contributed by atoms with Crippen molar-refractivity contribution in [1.29, 1.82) is 0 Å². The summed E-state index contributed by atoms with van der Waals surface area (Å²) in [5.41, 5.74) is 4.03. The predicted molar refractivity (Wildman–Crippen MR) is 130 cm³/mol. The van der Waals surface area contributed by atoms with Crippen molar-refractivity contribution in [3.05, 3.63) is 75.9 Å². The lowest BCUT2D eigenvalue weighted by Gasteiger charge is -2.40. The van der Waals surface area contributed by atoms with Crippen LogP contribution in [0.3, 0.4) is 0 Å². The van der Waals surface area contributed by atoms with Crippen molar-refractivity contribution in [1.82, 2.24) is 15.2 Å². The van der Waals surface area contributed by atoms with Crippen LogP contribution in [-0.4, -0.2) is 47.4 Å². The molecule has 7 heteroatoms. The summed E-state index contributed by atoms with van der Waals surface area (Å²) in [6.07, 6.45) is 4.67. The summed E-state index contributed by atoms with van der Waals surface area (Å²) in [6.45, 7) is 5.55. The average molecular weight is 460 g/mol. The van der Waals surface area contributed by atoms with Crippen LogP contribution in [0, 0.1) is 13.8 Å². The molecule has 0 spiro atoms. The summed E-state index contributed by atoms with van der Waals surface area (Å²) < 4.78 is 5.60. The number of carbonyl (C=O) groups excluding carboxylic acids is 2. The van der Waals surface area contributed by atoms with Crippen LogP contribution in [0.5, 0.6) is 5.75 Å². The molecule has 0 aliphatic carbocycles. The Morgan fingerprint density at radius 2 is 2.06 bits per heavy atom. The molecule has 3 heterocycles. The van der Waals surface area contributed by atoms with Crippen LogP contribution in [0.4, 0.5) is 0 Å². The first-order valence-electron chi connectivity index (χ1n) is 11.1. The Labute approximate surface area is 196 Å². The lowest BCUT2D eigenvalue weighted by molar-refractivity contribution is 0.0451. The number of carbonyl (C=O) groups is 2. The molecule has 1 atom stereocenters. The van der Waals surface area contributed by atoms with Gasteiger partial charge in [-0.2, -0.15) is 0 Å². The van der Waals surface area contributed by atoms with Gasteiger partial charge in [0.15, 0.2) is 0 Å². The van der Waals surface area contributed by atoms with Gasteiger partial charge in [-0.05, 0) is 44.0 Å². The van der Waals surface area contributed by atoms with Crippen molar-refractivity contribution in [2.75, 3.05) is 19.7 Å². The number of rotatable bonds is 5. The number of fused-ring (bicyclic) bond motifs is 1. The van der Waals surface area contributed by atoms with Gasteiger partial charge < -0.3 is 15.0 Å². The second-order valence-corrected chi connectivity index (χ2v) is 9.57. The maximum atomic E-state index is 13.4. The van der Waals surface area contributed by atoms with Crippen molar-refractivity contribution in [3.8, 4) is 16.2 Å². The van der Waals surface area contributed by atoms with E-state index < -0.39 is 0 Å². The number of aromatic nitrogens is 1. The highest BCUT2D eigenvalue weighted by Crippen LogP contribution is 2.33. The fraction of sp³-hybridized carbons (Fsp3) is 0.269. The van der Waals surface area contributed by atoms with Gasteiger partial charge in [0.05, 0.1) is 21.5 Å². The third-order valence-electron chi connectivity index (χ3n) is 6.05. The van der Waals surface area contributed by atoms with E-state index in [0.29, 0.717) is 36.7 Å². The van der Waals surface area contributed by atoms with Crippen molar-refractivity contribution in [2.24, 2.45) is 0 Å². The van der Waals surface area contributed by atoms with E-state index in [2.05, 4.69) is 16.4 Å². The maximum absolute atomic E-state index is 13.4. The average Bonchev–Trinajstić information content (AvgIpc) is 3.20. The molecule has 2 aromatic carbocycles. The number of ether oxygens (including phenoxy) is 1. The van der Waals surface area contributed by atoms with Gasteiger partial charge in [-0.1, -0.05) is 42.0 Å². The van der Waals surface area contributed by atoms with Crippen LogP contribution in [-0.2, 0) is 0 Å². The molecule has 3 aromatic rings. The van der Waals surface area contributed by atoms with E-state index in [-0.39, 0.29) is 17.9 Å². The number of hydrogen-bond acceptors (Lipinski definition) is 5. The Kier molecular flexibility index (Phi) is 5.72. The van der Waals surface area contributed by atoms with Crippen LogP contribution in [0.1, 0.15) is 43.4 Å². The zero-order valence-electron chi connectivity index (χ0n) is 18.6. The lowest BCUT2D eigenvalue weighted by Crippen LogP contribution is -2.56. The normalized spacial score (nSPS) is 16.5. The van der Waals surface area contributed by atoms with Crippen molar-refractivity contribution >= 4 is 29.2 Å². The number of benzene rings is 2. The minimum Gasteiger partial charge on any atom is -0.489 e. The molecule has 1 aromatic heterocycles. The zero-order valence-corrected chi connectivity index (χ0v) is 19.4. The van der Waals surface area contributed by atoms with E-state index in [1.54, 1.807) is 6.07 Å². The van der Waals surface area contributed by atoms with E-state index in [4.69, 9.17) is 4.74 Å². The molecule has 6 nitrogen and oxygen atoms in total. The minimum atomic E-state index is -0.161. The molecule has 2 aliphatic heterocycles. The molecule has 33 heavy (non-hydrogen) atoms. The van der Waals surface area contributed by atoms with Gasteiger partial charge in [0.1, 0.15) is 18.1 Å². The number of amides is 2. The second kappa shape index (κ2) is 8.83. The minimum absolute atomic E-state index is 0.0415. The molecule has 1 N–H and O–H groups in total. The van der Waals surface area contributed by atoms with Gasteiger partial charge in [0.25, 0.3) is 11.8 Å². The van der Waals surface area contributed by atoms with Crippen molar-refractivity contribution in [2.45, 2.75) is 26.3 Å². The first-order chi connectivity index (χ1) is 16.0. The van der Waals surface area contributed by atoms with E-state index in [1.165, 1.54) is 11.3 Å². The highest BCUT2D eigenvalue weighted by Gasteiger charge is 2.35. The van der Waals surface area contributed by atoms with Gasteiger partial charge in [-0.3, -0.25) is 9.59 Å². The number of hydrogen-bond donors (Lipinski definition) is 1. The monoisotopic (exact) mass is 459 g/mol. The molecular formula is C26H25N3O3S. The van der Waals surface area contributed by atoms with Crippen LogP contribution in [0.15, 0.2) is 48.5 Å². The summed E-state index contributed by atoms with van der Waals surface area (Å²) in [5, 5.41) is 3.87. The van der Waals surface area contributed by atoms with Crippen LogP contribution >= 0.6 is 11.3 Å². The third-order valence-corrected chi connectivity index (χ3v) is 7.07. The molecule has 0 saturated carbocycles. The molecule has 1 saturated heterocycles. The Hall–Kier alpha value is -3.45. The van der Waals surface area contributed by atoms with Crippen molar-refractivity contribution in [3.63, 3.8) is 0 Å². The highest BCUT2D eigenvalue weighted by molar-refractivity contribution is 7.15. The largest absolute Gasteiger partial charge is 0.489 e. The summed E-state index contributed by atoms with van der Waals surface area (Å²) in [7, 11) is 0. The number of nitrogens with one attached hydrogen (secondary N) is 1. The summed E-state index contributed by atoms with van der Waals surface area (Å²) in [5.74, 6) is 0.481. The molecule has 0 radical (unpaired) electrons. The van der Waals surface area contributed by atoms with E-state index in [1.807, 2.05) is 61.2 Å². The van der Waals surface area contributed by atoms with Crippen molar-refractivity contribution < 1.29 is 14.3 Å². The molecule has 168 valence electrons. The lowest BCUT2D eigenvalue weighted by atomic mass is 10.0. The standard InChI is InChI=1S/C26H25N3O3S/c1-16-6-3-7-18(14-16)24-23(28-17(2)33-24)26(31)29-12-11-19(29)15-27-25(30)21-8-4-10-22-20(21)9-5-13-32-22/h3-10,14,19H,11-13,15H2,1-2H3,(H,27,30)/t19-/m1/s1. The van der Waals surface area contributed by atoms with Crippen LogP contribution < -0.4 is 10.1 Å². The fourth-order valence-electron chi connectivity index (χ4n) is 4.26. The summed E-state index contributed by atoms with van der Waals surface area (Å²) in [6, 6.07) is 13.6. The van der Waals surface area contributed by atoms with E-state index in [9.17, 15) is 9.59 Å². The number of nitrogens with zero attached hydrogens (tertiary/aromatic N) is 2. The van der Waals surface area contributed by atoms with Gasteiger partial charge >= 0.3 is 0 Å².